The van der Waals surface area contributed by atoms with Gasteiger partial charge in [0.25, 0.3) is 0 Å². The summed E-state index contributed by atoms with van der Waals surface area (Å²) in [4.78, 5) is 0. The summed E-state index contributed by atoms with van der Waals surface area (Å²) in [6.45, 7) is 2.10. The van der Waals surface area contributed by atoms with Crippen LogP contribution in [0, 0.1) is 13.0 Å². The molecule has 0 amide bonds. The van der Waals surface area contributed by atoms with Gasteiger partial charge in [-0.1, -0.05) is 17.7 Å². The quantitative estimate of drug-likeness (QED) is 0.436. The molecule has 0 aliphatic rings. The second-order valence-corrected chi connectivity index (χ2v) is 2.78. The molecule has 0 N–H and O–H groups in total. The van der Waals surface area contributed by atoms with Crippen LogP contribution in [0.5, 0.6) is 0 Å². The van der Waals surface area contributed by atoms with Gasteiger partial charge in [-0.3, -0.25) is 0 Å². The number of fused-ring (bicyclic) bond motifs is 1. The van der Waals surface area contributed by atoms with Gasteiger partial charge in [-0.25, -0.2) is 0 Å². The van der Waals surface area contributed by atoms with Gasteiger partial charge in [-0.15, -0.1) is 16.8 Å². The molecule has 0 fully saturated rings. The summed E-state index contributed by atoms with van der Waals surface area (Å²) >= 11 is 0. The minimum Gasteiger partial charge on any atom is -1.00 e. The van der Waals surface area contributed by atoms with Crippen LogP contribution in [0.25, 0.3) is 10.8 Å². The molecule has 0 radical (unpaired) electrons. The van der Waals surface area contributed by atoms with Crippen LogP contribution >= 0.6 is 0 Å². The fraction of sp³-hybridized carbons (Fsp3) is 0.0909. The first-order chi connectivity index (χ1) is 5.36. The molecule has 2 heteroatoms. The average molecular weight is 245 g/mol. The molecule has 0 unspecified atom stereocenters. The molecular formula is C11H9BrMg. The Morgan fingerprint density at radius 2 is 1.85 bits per heavy atom. The zero-order valence-electron chi connectivity index (χ0n) is 7.55. The number of benzene rings is 2. The Bertz CT molecular complexity index is 385. The number of hydrogen-bond acceptors (Lipinski definition) is 0. The molecule has 2 aromatic carbocycles. The van der Waals surface area contributed by atoms with Gasteiger partial charge < -0.3 is 17.0 Å². The predicted octanol–water partition coefficient (Wildman–Crippen LogP) is -0.428. The molecule has 0 saturated heterocycles. The van der Waals surface area contributed by atoms with Gasteiger partial charge in [0, 0.05) is 0 Å². The molecule has 0 aromatic heterocycles. The number of hydrogen-bond donors (Lipinski definition) is 0. The van der Waals surface area contributed by atoms with Crippen molar-refractivity contribution < 1.29 is 17.0 Å². The van der Waals surface area contributed by atoms with Crippen LogP contribution in [-0.4, -0.2) is 23.1 Å². The van der Waals surface area contributed by atoms with E-state index in [1.165, 1.54) is 16.3 Å². The van der Waals surface area contributed by atoms with Crippen LogP contribution in [0.1, 0.15) is 5.56 Å². The molecule has 0 bridgehead atoms. The Hall–Kier alpha value is -0.0538. The zero-order chi connectivity index (χ0) is 7.68. The van der Waals surface area contributed by atoms with Crippen LogP contribution in [0.4, 0.5) is 0 Å². The van der Waals surface area contributed by atoms with Crippen molar-refractivity contribution in [2.24, 2.45) is 0 Å². The Balaban J connectivity index is 0.000000720. The minimum absolute atomic E-state index is 0. The van der Waals surface area contributed by atoms with Gasteiger partial charge >= 0.3 is 23.1 Å². The third-order valence-corrected chi connectivity index (χ3v) is 1.84. The third-order valence-electron chi connectivity index (χ3n) is 1.84. The van der Waals surface area contributed by atoms with E-state index in [4.69, 9.17) is 0 Å². The topological polar surface area (TPSA) is 0 Å². The van der Waals surface area contributed by atoms with E-state index in [-0.39, 0.29) is 40.0 Å². The standard InChI is InChI=1S/C11H9.BrH.Mg/c1-9-6-7-10-4-2-3-5-11(10)8-9;;/h2,4-8H,1H3;1H;/q-1;;+2/p-1. The van der Waals surface area contributed by atoms with Crippen molar-refractivity contribution in [2.75, 3.05) is 0 Å². The van der Waals surface area contributed by atoms with Gasteiger partial charge in [0.2, 0.25) is 0 Å². The maximum Gasteiger partial charge on any atom is 2.00 e. The van der Waals surface area contributed by atoms with E-state index >= 15 is 0 Å². The van der Waals surface area contributed by atoms with E-state index in [1.807, 2.05) is 12.1 Å². The van der Waals surface area contributed by atoms with Gasteiger partial charge in [0.15, 0.2) is 0 Å². The van der Waals surface area contributed by atoms with E-state index in [0.29, 0.717) is 0 Å². The summed E-state index contributed by atoms with van der Waals surface area (Å²) in [5.41, 5.74) is 1.30. The van der Waals surface area contributed by atoms with E-state index in [9.17, 15) is 0 Å². The molecule has 0 saturated carbocycles. The molecule has 0 spiro atoms. The summed E-state index contributed by atoms with van der Waals surface area (Å²) in [5.74, 6) is 0. The van der Waals surface area contributed by atoms with Gasteiger partial charge in [0.1, 0.15) is 0 Å². The van der Waals surface area contributed by atoms with Crippen molar-refractivity contribution in [1.29, 1.82) is 0 Å². The largest absolute Gasteiger partial charge is 2.00 e. The summed E-state index contributed by atoms with van der Waals surface area (Å²) in [6, 6.07) is 15.5. The monoisotopic (exact) mass is 244 g/mol. The molecule has 0 aliphatic carbocycles. The molecule has 2 rings (SSSR count). The Labute approximate surface area is 105 Å². The Morgan fingerprint density at radius 1 is 1.08 bits per heavy atom. The predicted molar refractivity (Wildman–Crippen MR) is 53.3 cm³/mol. The number of aryl methyl sites for hydroxylation is 1. The van der Waals surface area contributed by atoms with Crippen molar-refractivity contribution in [2.45, 2.75) is 6.92 Å². The molecule has 0 nitrogen and oxygen atoms in total. The van der Waals surface area contributed by atoms with E-state index in [0.717, 1.165) is 0 Å². The summed E-state index contributed by atoms with van der Waals surface area (Å²) in [7, 11) is 0. The van der Waals surface area contributed by atoms with Crippen molar-refractivity contribution in [3.63, 3.8) is 0 Å². The fourth-order valence-corrected chi connectivity index (χ4v) is 1.25. The third kappa shape index (κ3) is 2.97. The first kappa shape index (κ1) is 12.9. The smallest absolute Gasteiger partial charge is 1.00 e. The average Bonchev–Trinajstić information content (AvgIpc) is 2.04. The van der Waals surface area contributed by atoms with Gasteiger partial charge in [-0.2, -0.15) is 24.3 Å². The van der Waals surface area contributed by atoms with E-state index in [1.54, 1.807) is 0 Å². The molecular weight excluding hydrogens is 236 g/mol. The maximum absolute atomic E-state index is 3.06. The fourth-order valence-electron chi connectivity index (χ4n) is 1.25. The second kappa shape index (κ2) is 5.63. The van der Waals surface area contributed by atoms with E-state index < -0.39 is 0 Å². The first-order valence-electron chi connectivity index (χ1n) is 3.73. The molecule has 0 atom stereocenters. The van der Waals surface area contributed by atoms with Crippen molar-refractivity contribution in [1.82, 2.24) is 0 Å². The van der Waals surface area contributed by atoms with Gasteiger partial charge in [-0.05, 0) is 6.92 Å². The van der Waals surface area contributed by atoms with Crippen molar-refractivity contribution in [3.05, 3.63) is 48.0 Å². The van der Waals surface area contributed by atoms with Crippen LogP contribution < -0.4 is 17.0 Å². The summed E-state index contributed by atoms with van der Waals surface area (Å²) in [6.07, 6.45) is 0. The summed E-state index contributed by atoms with van der Waals surface area (Å²) in [5, 5.41) is 2.56. The molecule has 13 heavy (non-hydrogen) atoms. The zero-order valence-corrected chi connectivity index (χ0v) is 10.5. The number of halogens is 1. The summed E-state index contributed by atoms with van der Waals surface area (Å²) < 4.78 is 0. The normalized spacial score (nSPS) is 8.69. The van der Waals surface area contributed by atoms with Crippen molar-refractivity contribution in [3.8, 4) is 0 Å². The molecule has 0 aliphatic heterocycles. The Morgan fingerprint density at radius 3 is 2.62 bits per heavy atom. The maximum atomic E-state index is 3.06. The van der Waals surface area contributed by atoms with Crippen LogP contribution in [0.2, 0.25) is 0 Å². The van der Waals surface area contributed by atoms with E-state index in [2.05, 4.69) is 37.3 Å². The van der Waals surface area contributed by atoms with Crippen LogP contribution in [0.3, 0.4) is 0 Å². The van der Waals surface area contributed by atoms with Crippen molar-refractivity contribution >= 4 is 33.8 Å². The van der Waals surface area contributed by atoms with Crippen LogP contribution in [0.15, 0.2) is 36.4 Å². The Kier molecular flexibility index (Phi) is 5.61. The number of rotatable bonds is 0. The first-order valence-corrected chi connectivity index (χ1v) is 3.73. The molecule has 0 heterocycles. The van der Waals surface area contributed by atoms with Crippen LogP contribution in [-0.2, 0) is 0 Å². The SMILES string of the molecule is Cc1ccc2cc[c-]cc2c1.[Br-].[Mg+2]. The molecule has 62 valence electrons. The molecule has 2 aromatic rings. The second-order valence-electron chi connectivity index (χ2n) is 2.78. The van der Waals surface area contributed by atoms with Gasteiger partial charge in [0.05, 0.1) is 0 Å². The minimum atomic E-state index is 0.